The monoisotopic (exact) mass is 251 g/mol. The van der Waals surface area contributed by atoms with Crippen molar-refractivity contribution in [3.05, 3.63) is 71.9 Å². The van der Waals surface area contributed by atoms with Crippen molar-refractivity contribution < 1.29 is 4.79 Å². The number of carbonyl (C=O) groups excluding carboxylic acids is 1. The molecule has 0 fully saturated rings. The van der Waals surface area contributed by atoms with Crippen molar-refractivity contribution in [1.29, 1.82) is 0 Å². The summed E-state index contributed by atoms with van der Waals surface area (Å²) in [7, 11) is 0. The Morgan fingerprint density at radius 1 is 1.05 bits per heavy atom. The number of allylic oxidation sites excluding steroid dienone is 2. The highest BCUT2D eigenvalue weighted by molar-refractivity contribution is 5.92. The lowest BCUT2D eigenvalue weighted by molar-refractivity contribution is -0.114. The first-order chi connectivity index (χ1) is 9.15. The molecule has 0 heterocycles. The Balaban J connectivity index is 2.21. The zero-order valence-electron chi connectivity index (χ0n) is 11.0. The topological polar surface area (TPSA) is 43.1 Å². The van der Waals surface area contributed by atoms with E-state index in [0.717, 1.165) is 16.7 Å². The van der Waals surface area contributed by atoms with Gasteiger partial charge in [-0.15, -0.1) is 0 Å². The highest BCUT2D eigenvalue weighted by Gasteiger charge is 2.03. The van der Waals surface area contributed by atoms with E-state index in [4.69, 9.17) is 5.73 Å². The third-order valence-electron chi connectivity index (χ3n) is 2.80. The summed E-state index contributed by atoms with van der Waals surface area (Å²) in [6, 6.07) is 18.2. The van der Waals surface area contributed by atoms with E-state index in [1.54, 1.807) is 6.92 Å². The molecule has 2 heteroatoms. The molecule has 0 saturated heterocycles. The normalized spacial score (nSPS) is 11.3. The van der Waals surface area contributed by atoms with Gasteiger partial charge < -0.3 is 5.73 Å². The van der Waals surface area contributed by atoms with Crippen molar-refractivity contribution in [1.82, 2.24) is 0 Å². The lowest BCUT2D eigenvalue weighted by Crippen LogP contribution is -2.02. The van der Waals surface area contributed by atoms with Crippen LogP contribution in [0.3, 0.4) is 0 Å². The van der Waals surface area contributed by atoms with Crippen LogP contribution in [0.4, 0.5) is 0 Å². The Labute approximate surface area is 113 Å². The number of hydrogen-bond acceptors (Lipinski definition) is 2. The molecule has 0 amide bonds. The summed E-state index contributed by atoms with van der Waals surface area (Å²) in [5, 5.41) is 0. The molecule has 2 N–H and O–H groups in total. The molecule has 0 aromatic heterocycles. The van der Waals surface area contributed by atoms with Gasteiger partial charge in [0.25, 0.3) is 0 Å². The molecule has 0 bridgehead atoms. The SMILES string of the molecule is C/C(N)=C/C(=O)Cc1cccc(-c2ccccc2)c1. The Kier molecular flexibility index (Phi) is 4.14. The van der Waals surface area contributed by atoms with Crippen molar-refractivity contribution in [2.45, 2.75) is 13.3 Å². The quantitative estimate of drug-likeness (QED) is 0.847. The van der Waals surface area contributed by atoms with Gasteiger partial charge in [0, 0.05) is 12.1 Å². The minimum atomic E-state index is 0.0326. The van der Waals surface area contributed by atoms with Gasteiger partial charge in [-0.3, -0.25) is 4.79 Å². The molecular formula is C17H17NO. The van der Waals surface area contributed by atoms with Crippen molar-refractivity contribution >= 4 is 5.78 Å². The van der Waals surface area contributed by atoms with E-state index in [0.29, 0.717) is 12.1 Å². The molecule has 0 aliphatic heterocycles. The van der Waals surface area contributed by atoms with Crippen LogP contribution in [0.25, 0.3) is 11.1 Å². The fourth-order valence-electron chi connectivity index (χ4n) is 2.00. The van der Waals surface area contributed by atoms with Gasteiger partial charge in [-0.05, 0) is 29.7 Å². The van der Waals surface area contributed by atoms with Gasteiger partial charge in [0.2, 0.25) is 0 Å². The van der Waals surface area contributed by atoms with E-state index < -0.39 is 0 Å². The highest BCUT2D eigenvalue weighted by Crippen LogP contribution is 2.20. The second kappa shape index (κ2) is 6.01. The van der Waals surface area contributed by atoms with Crippen LogP contribution in [-0.2, 0) is 11.2 Å². The molecule has 0 spiro atoms. The zero-order valence-corrected chi connectivity index (χ0v) is 11.0. The number of rotatable bonds is 4. The maximum absolute atomic E-state index is 11.7. The molecule has 2 nitrogen and oxygen atoms in total. The lowest BCUT2D eigenvalue weighted by Gasteiger charge is -2.04. The molecule has 0 aliphatic rings. The molecule has 2 rings (SSSR count). The predicted octanol–water partition coefficient (Wildman–Crippen LogP) is 3.33. The van der Waals surface area contributed by atoms with E-state index in [-0.39, 0.29) is 5.78 Å². The van der Waals surface area contributed by atoms with Gasteiger partial charge >= 0.3 is 0 Å². The zero-order chi connectivity index (χ0) is 13.7. The van der Waals surface area contributed by atoms with Crippen LogP contribution >= 0.6 is 0 Å². The Hall–Kier alpha value is -2.35. The minimum absolute atomic E-state index is 0.0326. The lowest BCUT2D eigenvalue weighted by atomic mass is 10.0. The average Bonchev–Trinajstić information content (AvgIpc) is 2.39. The maximum Gasteiger partial charge on any atom is 0.161 e. The number of ketones is 1. The summed E-state index contributed by atoms with van der Waals surface area (Å²) in [5.41, 5.74) is 9.34. The Morgan fingerprint density at radius 3 is 2.42 bits per heavy atom. The van der Waals surface area contributed by atoms with Crippen LogP contribution in [0.15, 0.2) is 66.4 Å². The third-order valence-corrected chi connectivity index (χ3v) is 2.80. The van der Waals surface area contributed by atoms with Gasteiger partial charge in [-0.25, -0.2) is 0 Å². The smallest absolute Gasteiger partial charge is 0.161 e. The number of hydrogen-bond donors (Lipinski definition) is 1. The van der Waals surface area contributed by atoms with Crippen LogP contribution in [0.1, 0.15) is 12.5 Å². The van der Waals surface area contributed by atoms with Crippen LogP contribution in [0.2, 0.25) is 0 Å². The first-order valence-electron chi connectivity index (χ1n) is 6.26. The third kappa shape index (κ3) is 3.81. The Morgan fingerprint density at radius 2 is 1.74 bits per heavy atom. The van der Waals surface area contributed by atoms with Crippen molar-refractivity contribution in [2.24, 2.45) is 5.73 Å². The molecule has 0 radical (unpaired) electrons. The maximum atomic E-state index is 11.7. The standard InChI is InChI=1S/C17H17NO/c1-13(18)10-17(19)12-14-6-5-9-16(11-14)15-7-3-2-4-8-15/h2-11H,12,18H2,1H3/b13-10-. The van der Waals surface area contributed by atoms with Crippen LogP contribution in [0, 0.1) is 0 Å². The van der Waals surface area contributed by atoms with E-state index in [1.165, 1.54) is 6.08 Å². The summed E-state index contributed by atoms with van der Waals surface area (Å²) in [6.45, 7) is 1.72. The summed E-state index contributed by atoms with van der Waals surface area (Å²) in [6.07, 6.45) is 1.87. The van der Waals surface area contributed by atoms with E-state index in [9.17, 15) is 4.79 Å². The van der Waals surface area contributed by atoms with E-state index >= 15 is 0 Å². The largest absolute Gasteiger partial charge is 0.402 e. The second-order valence-corrected chi connectivity index (χ2v) is 4.60. The minimum Gasteiger partial charge on any atom is -0.402 e. The van der Waals surface area contributed by atoms with E-state index in [2.05, 4.69) is 12.1 Å². The first-order valence-corrected chi connectivity index (χ1v) is 6.26. The van der Waals surface area contributed by atoms with Crippen molar-refractivity contribution in [3.8, 4) is 11.1 Å². The highest BCUT2D eigenvalue weighted by atomic mass is 16.1. The summed E-state index contributed by atoms with van der Waals surface area (Å²) in [4.78, 5) is 11.7. The van der Waals surface area contributed by atoms with Crippen LogP contribution in [0.5, 0.6) is 0 Å². The van der Waals surface area contributed by atoms with Crippen LogP contribution < -0.4 is 5.73 Å². The second-order valence-electron chi connectivity index (χ2n) is 4.60. The predicted molar refractivity (Wildman–Crippen MR) is 78.5 cm³/mol. The average molecular weight is 251 g/mol. The molecule has 19 heavy (non-hydrogen) atoms. The fraction of sp³-hybridized carbons (Fsp3) is 0.118. The van der Waals surface area contributed by atoms with Gasteiger partial charge in [0.05, 0.1) is 0 Å². The van der Waals surface area contributed by atoms with Gasteiger partial charge in [-0.2, -0.15) is 0 Å². The fourth-order valence-corrected chi connectivity index (χ4v) is 2.00. The summed E-state index contributed by atoms with van der Waals surface area (Å²) in [5.74, 6) is 0.0326. The number of nitrogens with two attached hydrogens (primary N) is 1. The molecule has 0 saturated carbocycles. The number of benzene rings is 2. The molecule has 0 aliphatic carbocycles. The van der Waals surface area contributed by atoms with Gasteiger partial charge in [0.15, 0.2) is 5.78 Å². The summed E-state index contributed by atoms with van der Waals surface area (Å²) < 4.78 is 0. The van der Waals surface area contributed by atoms with Crippen molar-refractivity contribution in [3.63, 3.8) is 0 Å². The molecule has 2 aromatic carbocycles. The van der Waals surface area contributed by atoms with Crippen LogP contribution in [-0.4, -0.2) is 5.78 Å². The van der Waals surface area contributed by atoms with Crippen molar-refractivity contribution in [2.75, 3.05) is 0 Å². The first kappa shape index (κ1) is 13.1. The summed E-state index contributed by atoms with van der Waals surface area (Å²) >= 11 is 0. The molecule has 96 valence electrons. The molecule has 0 atom stereocenters. The van der Waals surface area contributed by atoms with Gasteiger partial charge in [-0.1, -0.05) is 54.6 Å². The van der Waals surface area contributed by atoms with E-state index in [1.807, 2.05) is 42.5 Å². The molecule has 2 aromatic rings. The molecular weight excluding hydrogens is 234 g/mol. The Bertz CT molecular complexity index is 596. The molecule has 0 unspecified atom stereocenters. The van der Waals surface area contributed by atoms with Gasteiger partial charge in [0.1, 0.15) is 0 Å². The number of carbonyl (C=O) groups is 1.